The lowest BCUT2D eigenvalue weighted by atomic mass is 9.80. The van der Waals surface area contributed by atoms with Crippen LogP contribution in [0.3, 0.4) is 0 Å². The molecule has 0 nitrogen and oxygen atoms in total. The molecule has 2 rings (SSSR count). The van der Waals surface area contributed by atoms with Crippen LogP contribution in [0.2, 0.25) is 0 Å². The van der Waals surface area contributed by atoms with Gasteiger partial charge in [0.05, 0.1) is 0 Å². The number of alkyl halides is 2. The Kier molecular flexibility index (Phi) is 5.54. The molecular formula is C17H20Cl2S. The summed E-state index contributed by atoms with van der Waals surface area (Å²) in [6.07, 6.45) is 2.00. The zero-order valence-electron chi connectivity index (χ0n) is 12.0. The van der Waals surface area contributed by atoms with Crippen LogP contribution in [-0.4, -0.2) is 11.8 Å². The van der Waals surface area contributed by atoms with E-state index in [0.717, 1.165) is 12.8 Å². The Balaban J connectivity index is 2.31. The van der Waals surface area contributed by atoms with Gasteiger partial charge in [0, 0.05) is 26.9 Å². The van der Waals surface area contributed by atoms with Gasteiger partial charge in [0.15, 0.2) is 0 Å². The van der Waals surface area contributed by atoms with Crippen molar-refractivity contribution in [2.45, 2.75) is 32.1 Å². The maximum Gasteiger partial charge on any atom is 0.0335 e. The van der Waals surface area contributed by atoms with Crippen LogP contribution in [0.5, 0.6) is 0 Å². The Morgan fingerprint density at radius 1 is 0.950 bits per heavy atom. The normalized spacial score (nSPS) is 11.8. The lowest BCUT2D eigenvalue weighted by Gasteiger charge is -2.30. The molecule has 0 radical (unpaired) electrons. The highest BCUT2D eigenvalue weighted by Gasteiger charge is 2.31. The van der Waals surface area contributed by atoms with Crippen LogP contribution in [0.1, 0.15) is 27.8 Å². The molecule has 1 aromatic carbocycles. The summed E-state index contributed by atoms with van der Waals surface area (Å²) in [6.45, 7) is 4.28. The second kappa shape index (κ2) is 6.98. The summed E-state index contributed by atoms with van der Waals surface area (Å²) in [6, 6.07) is 13.0. The first kappa shape index (κ1) is 15.9. The fourth-order valence-corrected chi connectivity index (χ4v) is 4.22. The van der Waals surface area contributed by atoms with E-state index in [0.29, 0.717) is 11.8 Å². The molecule has 3 heteroatoms. The molecule has 0 amide bonds. The second-order valence-corrected chi connectivity index (χ2v) is 7.10. The first-order valence-corrected chi connectivity index (χ1v) is 8.79. The summed E-state index contributed by atoms with van der Waals surface area (Å²) >= 11 is 14.5. The number of rotatable bonds is 6. The molecule has 0 N–H and O–H groups in total. The topological polar surface area (TPSA) is 0 Å². The minimum Gasteiger partial charge on any atom is -0.145 e. The minimum atomic E-state index is -0.174. The van der Waals surface area contributed by atoms with Gasteiger partial charge in [0.2, 0.25) is 0 Å². The van der Waals surface area contributed by atoms with Gasteiger partial charge in [-0.25, -0.2) is 0 Å². The van der Waals surface area contributed by atoms with Crippen molar-refractivity contribution in [3.63, 3.8) is 0 Å². The van der Waals surface area contributed by atoms with Crippen LogP contribution in [0, 0.1) is 6.92 Å². The third-order valence-corrected chi connectivity index (χ3v) is 6.01. The van der Waals surface area contributed by atoms with Crippen LogP contribution in [-0.2, 0) is 18.3 Å². The van der Waals surface area contributed by atoms with Crippen molar-refractivity contribution >= 4 is 34.5 Å². The quantitative estimate of drug-likeness (QED) is 0.608. The SMILES string of the molecule is CCc1ccc(CC(CCl)(CCl)c2ccc(C)cc2)s1. The molecule has 0 unspecified atom stereocenters. The van der Waals surface area contributed by atoms with Crippen LogP contribution in [0.25, 0.3) is 0 Å². The Hall–Kier alpha value is -0.500. The number of thiophene rings is 1. The number of halogens is 2. The smallest absolute Gasteiger partial charge is 0.0335 e. The van der Waals surface area contributed by atoms with Gasteiger partial charge in [0.25, 0.3) is 0 Å². The molecule has 0 aliphatic carbocycles. The molecular weight excluding hydrogens is 307 g/mol. The molecule has 0 atom stereocenters. The van der Waals surface area contributed by atoms with E-state index in [1.54, 1.807) is 0 Å². The van der Waals surface area contributed by atoms with Gasteiger partial charge in [-0.2, -0.15) is 0 Å². The van der Waals surface area contributed by atoms with Gasteiger partial charge < -0.3 is 0 Å². The number of hydrogen-bond acceptors (Lipinski definition) is 1. The van der Waals surface area contributed by atoms with Gasteiger partial charge in [0.1, 0.15) is 0 Å². The molecule has 2 aromatic rings. The predicted octanol–water partition coefficient (Wildman–Crippen LogP) is 5.58. The largest absolute Gasteiger partial charge is 0.145 e. The summed E-state index contributed by atoms with van der Waals surface area (Å²) in [4.78, 5) is 2.78. The highest BCUT2D eigenvalue weighted by Crippen LogP contribution is 2.34. The fourth-order valence-electron chi connectivity index (χ4n) is 2.33. The molecule has 0 saturated carbocycles. The molecule has 20 heavy (non-hydrogen) atoms. The predicted molar refractivity (Wildman–Crippen MR) is 91.7 cm³/mol. The van der Waals surface area contributed by atoms with Gasteiger partial charge in [-0.1, -0.05) is 36.8 Å². The summed E-state index contributed by atoms with van der Waals surface area (Å²) in [5, 5.41) is 0. The van der Waals surface area contributed by atoms with Crippen molar-refractivity contribution in [1.29, 1.82) is 0 Å². The fraction of sp³-hybridized carbons (Fsp3) is 0.412. The highest BCUT2D eigenvalue weighted by atomic mass is 35.5. The van der Waals surface area contributed by atoms with Gasteiger partial charge in [-0.05, 0) is 37.5 Å². The average molecular weight is 327 g/mol. The van der Waals surface area contributed by atoms with E-state index < -0.39 is 0 Å². The third-order valence-electron chi connectivity index (χ3n) is 3.75. The Morgan fingerprint density at radius 3 is 2.05 bits per heavy atom. The van der Waals surface area contributed by atoms with E-state index >= 15 is 0 Å². The highest BCUT2D eigenvalue weighted by molar-refractivity contribution is 7.12. The van der Waals surface area contributed by atoms with E-state index in [2.05, 4.69) is 50.2 Å². The number of aryl methyl sites for hydroxylation is 2. The number of benzene rings is 1. The summed E-state index contributed by atoms with van der Waals surface area (Å²) in [5.41, 5.74) is 2.32. The maximum absolute atomic E-state index is 6.31. The van der Waals surface area contributed by atoms with Crippen molar-refractivity contribution in [1.82, 2.24) is 0 Å². The van der Waals surface area contributed by atoms with Crippen molar-refractivity contribution < 1.29 is 0 Å². The molecule has 108 valence electrons. The average Bonchev–Trinajstić information content (AvgIpc) is 2.93. The zero-order chi connectivity index (χ0) is 14.6. The summed E-state index contributed by atoms with van der Waals surface area (Å²) < 4.78 is 0. The second-order valence-electron chi connectivity index (χ2n) is 5.31. The summed E-state index contributed by atoms with van der Waals surface area (Å²) in [7, 11) is 0. The molecule has 0 aliphatic rings. The third kappa shape index (κ3) is 3.39. The van der Waals surface area contributed by atoms with E-state index in [9.17, 15) is 0 Å². The van der Waals surface area contributed by atoms with E-state index in [1.807, 2.05) is 11.3 Å². The van der Waals surface area contributed by atoms with E-state index in [1.165, 1.54) is 20.9 Å². The van der Waals surface area contributed by atoms with E-state index in [4.69, 9.17) is 23.2 Å². The van der Waals surface area contributed by atoms with E-state index in [-0.39, 0.29) is 5.41 Å². The van der Waals surface area contributed by atoms with Crippen LogP contribution in [0.15, 0.2) is 36.4 Å². The summed E-state index contributed by atoms with van der Waals surface area (Å²) in [5.74, 6) is 1.08. The maximum atomic E-state index is 6.31. The van der Waals surface area contributed by atoms with Crippen molar-refractivity contribution in [2.75, 3.05) is 11.8 Å². The Labute approximate surface area is 135 Å². The van der Waals surface area contributed by atoms with Gasteiger partial charge in [-0.15, -0.1) is 34.5 Å². The molecule has 1 aromatic heterocycles. The Morgan fingerprint density at radius 2 is 1.55 bits per heavy atom. The van der Waals surface area contributed by atoms with Gasteiger partial charge >= 0.3 is 0 Å². The molecule has 0 spiro atoms. The first-order chi connectivity index (χ1) is 9.63. The lowest BCUT2D eigenvalue weighted by molar-refractivity contribution is 0.541. The standard InChI is InChI=1S/C17H20Cl2S/c1-3-15-8-9-16(20-15)10-17(11-18,12-19)14-6-4-13(2)5-7-14/h4-9H,3,10-12H2,1-2H3. The monoisotopic (exact) mass is 326 g/mol. The molecule has 1 heterocycles. The minimum absolute atomic E-state index is 0.174. The Bertz CT molecular complexity index is 538. The first-order valence-electron chi connectivity index (χ1n) is 6.90. The van der Waals surface area contributed by atoms with Gasteiger partial charge in [-0.3, -0.25) is 0 Å². The molecule has 0 aliphatic heterocycles. The molecule has 0 bridgehead atoms. The van der Waals surface area contributed by atoms with Crippen LogP contribution < -0.4 is 0 Å². The van der Waals surface area contributed by atoms with Crippen molar-refractivity contribution in [2.24, 2.45) is 0 Å². The van der Waals surface area contributed by atoms with Crippen LogP contribution in [0.4, 0.5) is 0 Å². The number of hydrogen-bond donors (Lipinski definition) is 0. The van der Waals surface area contributed by atoms with Crippen LogP contribution >= 0.6 is 34.5 Å². The molecule has 0 saturated heterocycles. The van der Waals surface area contributed by atoms with Crippen molar-refractivity contribution in [3.05, 3.63) is 57.3 Å². The zero-order valence-corrected chi connectivity index (χ0v) is 14.3. The molecule has 0 fully saturated rings. The lowest BCUT2D eigenvalue weighted by Crippen LogP contribution is -2.33. The van der Waals surface area contributed by atoms with Crippen molar-refractivity contribution in [3.8, 4) is 0 Å².